The molecular weight excluding hydrogens is 404 g/mol. The zero-order valence-corrected chi connectivity index (χ0v) is 19.9. The molecule has 30 heavy (non-hydrogen) atoms. The number of benzene rings is 1. The second-order valence-corrected chi connectivity index (χ2v) is 13.8. The van der Waals surface area contributed by atoms with Crippen molar-refractivity contribution in [1.82, 2.24) is 10.2 Å². The summed E-state index contributed by atoms with van der Waals surface area (Å²) in [6.07, 6.45) is -0.992. The van der Waals surface area contributed by atoms with Gasteiger partial charge in [-0.25, -0.2) is 4.79 Å². The van der Waals surface area contributed by atoms with Crippen LogP contribution in [-0.2, 0) is 4.43 Å². The van der Waals surface area contributed by atoms with Gasteiger partial charge in [-0.05, 0) is 42.8 Å². The zero-order valence-electron chi connectivity index (χ0n) is 18.9. The van der Waals surface area contributed by atoms with Gasteiger partial charge in [-0.2, -0.15) is 0 Å². The molecule has 2 atom stereocenters. The van der Waals surface area contributed by atoms with E-state index in [1.807, 2.05) is 0 Å². The second kappa shape index (κ2) is 9.26. The highest BCUT2D eigenvalue weighted by molar-refractivity contribution is 6.74. The smallest absolute Gasteiger partial charge is 0.404 e. The first-order valence-corrected chi connectivity index (χ1v) is 13.0. The third kappa shape index (κ3) is 5.45. The van der Waals surface area contributed by atoms with Crippen LogP contribution in [0.25, 0.3) is 0 Å². The number of hydrogen-bond acceptors (Lipinski definition) is 5. The Labute approximate surface area is 179 Å². The summed E-state index contributed by atoms with van der Waals surface area (Å²) in [5.41, 5.74) is 0.489. The molecule has 1 fully saturated rings. The number of amides is 2. The largest absolute Gasteiger partial charge is 0.493 e. The minimum atomic E-state index is -2.16. The van der Waals surface area contributed by atoms with Crippen LogP contribution in [0.3, 0.4) is 0 Å². The first kappa shape index (κ1) is 24.0. The Balaban J connectivity index is 2.24. The number of carbonyl (C=O) groups is 2. The van der Waals surface area contributed by atoms with Gasteiger partial charge in [0.2, 0.25) is 0 Å². The number of hydrogen-bond donors (Lipinski definition) is 2. The Bertz CT molecular complexity index is 777. The van der Waals surface area contributed by atoms with Crippen molar-refractivity contribution in [2.45, 2.75) is 57.5 Å². The van der Waals surface area contributed by atoms with Crippen molar-refractivity contribution >= 4 is 20.3 Å². The standard InChI is InChI=1S/C21H34N2O6Si/c1-21(2,3)30(6,7)29-18-13-23(11-10-15(18)22-20(25)26)19(24)14-8-9-16(27-4)17(12-14)28-5/h8-9,12,15,18,22H,10-11,13H2,1-7H3,(H,25,26)/t15-,18+/m0/s1. The number of methoxy groups -OCH3 is 2. The van der Waals surface area contributed by atoms with E-state index in [9.17, 15) is 14.7 Å². The highest BCUT2D eigenvalue weighted by Crippen LogP contribution is 2.38. The third-order valence-electron chi connectivity index (χ3n) is 6.04. The van der Waals surface area contributed by atoms with Crippen LogP contribution in [0.15, 0.2) is 18.2 Å². The van der Waals surface area contributed by atoms with Crippen molar-refractivity contribution in [2.24, 2.45) is 0 Å². The van der Waals surface area contributed by atoms with Crippen molar-refractivity contribution in [1.29, 1.82) is 0 Å². The molecule has 1 aliphatic rings. The molecule has 8 nitrogen and oxygen atoms in total. The maximum Gasteiger partial charge on any atom is 0.404 e. The average molecular weight is 439 g/mol. The third-order valence-corrected chi connectivity index (χ3v) is 10.5. The number of likely N-dealkylation sites (tertiary alicyclic amines) is 1. The predicted octanol–water partition coefficient (Wildman–Crippen LogP) is 3.58. The van der Waals surface area contributed by atoms with Gasteiger partial charge in [-0.3, -0.25) is 4.79 Å². The molecular formula is C21H34N2O6Si. The Hall–Kier alpha value is -2.26. The van der Waals surface area contributed by atoms with E-state index in [-0.39, 0.29) is 17.0 Å². The highest BCUT2D eigenvalue weighted by Gasteiger charge is 2.43. The molecule has 0 unspecified atom stereocenters. The quantitative estimate of drug-likeness (QED) is 0.659. The van der Waals surface area contributed by atoms with Crippen LogP contribution in [-0.4, -0.2) is 69.8 Å². The van der Waals surface area contributed by atoms with Crippen molar-refractivity contribution in [2.75, 3.05) is 27.3 Å². The number of piperidine rings is 1. The summed E-state index contributed by atoms with van der Waals surface area (Å²) >= 11 is 0. The van der Waals surface area contributed by atoms with Gasteiger partial charge in [0.25, 0.3) is 5.91 Å². The van der Waals surface area contributed by atoms with E-state index in [2.05, 4.69) is 39.2 Å². The summed E-state index contributed by atoms with van der Waals surface area (Å²) in [5, 5.41) is 11.8. The maximum atomic E-state index is 13.2. The van der Waals surface area contributed by atoms with E-state index in [4.69, 9.17) is 13.9 Å². The first-order chi connectivity index (χ1) is 13.9. The van der Waals surface area contributed by atoms with E-state index in [0.717, 1.165) is 0 Å². The summed E-state index contributed by atoms with van der Waals surface area (Å²) in [7, 11) is 0.907. The Morgan fingerprint density at radius 2 is 1.80 bits per heavy atom. The van der Waals surface area contributed by atoms with Crippen LogP contribution in [0.5, 0.6) is 11.5 Å². The lowest BCUT2D eigenvalue weighted by Gasteiger charge is -2.45. The lowest BCUT2D eigenvalue weighted by atomic mass is 10.0. The Morgan fingerprint density at radius 3 is 2.33 bits per heavy atom. The average Bonchev–Trinajstić information content (AvgIpc) is 2.66. The number of carbonyl (C=O) groups excluding carboxylic acids is 1. The zero-order chi connectivity index (χ0) is 22.7. The Morgan fingerprint density at radius 1 is 1.17 bits per heavy atom. The molecule has 2 N–H and O–H groups in total. The lowest BCUT2D eigenvalue weighted by Crippen LogP contribution is -2.59. The van der Waals surface area contributed by atoms with E-state index < -0.39 is 20.5 Å². The SMILES string of the molecule is COc1ccc(C(=O)N2CC[C@H](NC(=O)O)[C@H](O[Si](C)(C)C(C)(C)C)C2)cc1OC. The summed E-state index contributed by atoms with van der Waals surface area (Å²) in [6, 6.07) is 4.71. The molecule has 2 amide bonds. The summed E-state index contributed by atoms with van der Waals surface area (Å²) in [6.45, 7) is 11.4. The molecule has 1 saturated heterocycles. The molecule has 1 aromatic carbocycles. The lowest BCUT2D eigenvalue weighted by molar-refractivity contribution is 0.0372. The molecule has 1 aromatic rings. The molecule has 1 aliphatic heterocycles. The fourth-order valence-corrected chi connectivity index (χ4v) is 4.60. The maximum absolute atomic E-state index is 13.2. The number of nitrogens with zero attached hydrogens (tertiary/aromatic N) is 1. The minimum absolute atomic E-state index is 0.0313. The molecule has 1 heterocycles. The monoisotopic (exact) mass is 438 g/mol. The van der Waals surface area contributed by atoms with Gasteiger partial charge in [0, 0.05) is 18.7 Å². The highest BCUT2D eigenvalue weighted by atomic mass is 28.4. The molecule has 0 saturated carbocycles. The fourth-order valence-electron chi connectivity index (χ4n) is 3.25. The van der Waals surface area contributed by atoms with Crippen molar-refractivity contribution in [3.63, 3.8) is 0 Å². The minimum Gasteiger partial charge on any atom is -0.493 e. The van der Waals surface area contributed by atoms with Crippen molar-refractivity contribution in [3.8, 4) is 11.5 Å². The first-order valence-electron chi connectivity index (χ1n) is 10.1. The van der Waals surface area contributed by atoms with E-state index >= 15 is 0 Å². The van der Waals surface area contributed by atoms with Gasteiger partial charge in [0.1, 0.15) is 0 Å². The normalized spacial score (nSPS) is 19.9. The van der Waals surface area contributed by atoms with Gasteiger partial charge < -0.3 is 29.2 Å². The van der Waals surface area contributed by atoms with Gasteiger partial charge in [-0.15, -0.1) is 0 Å². The molecule has 9 heteroatoms. The molecule has 0 radical (unpaired) electrons. The molecule has 0 aliphatic carbocycles. The van der Waals surface area contributed by atoms with Crippen LogP contribution in [0.2, 0.25) is 18.1 Å². The number of ether oxygens (including phenoxy) is 2. The van der Waals surface area contributed by atoms with Crippen LogP contribution in [0, 0.1) is 0 Å². The van der Waals surface area contributed by atoms with Crippen LogP contribution in [0.1, 0.15) is 37.6 Å². The van der Waals surface area contributed by atoms with Gasteiger partial charge in [0.05, 0.1) is 26.4 Å². The topological polar surface area (TPSA) is 97.3 Å². The van der Waals surface area contributed by atoms with Crippen molar-refractivity contribution in [3.05, 3.63) is 23.8 Å². The van der Waals surface area contributed by atoms with Crippen LogP contribution in [0.4, 0.5) is 4.79 Å². The summed E-state index contributed by atoms with van der Waals surface area (Å²) < 4.78 is 17.1. The molecule has 2 rings (SSSR count). The number of nitrogens with one attached hydrogen (secondary N) is 1. The molecule has 0 bridgehead atoms. The van der Waals surface area contributed by atoms with Gasteiger partial charge >= 0.3 is 6.09 Å². The predicted molar refractivity (Wildman–Crippen MR) is 117 cm³/mol. The van der Waals surface area contributed by atoms with Gasteiger partial charge in [0.15, 0.2) is 19.8 Å². The fraction of sp³-hybridized carbons (Fsp3) is 0.619. The molecule has 0 aromatic heterocycles. The van der Waals surface area contributed by atoms with Crippen LogP contribution >= 0.6 is 0 Å². The number of rotatable bonds is 6. The van der Waals surface area contributed by atoms with E-state index in [1.54, 1.807) is 30.2 Å². The Kier molecular flexibility index (Phi) is 7.41. The van der Waals surface area contributed by atoms with E-state index in [1.165, 1.54) is 7.11 Å². The molecule has 168 valence electrons. The van der Waals surface area contributed by atoms with Crippen molar-refractivity contribution < 1.29 is 28.6 Å². The summed E-state index contributed by atoms with van der Waals surface area (Å²) in [4.78, 5) is 26.2. The van der Waals surface area contributed by atoms with Crippen LogP contribution < -0.4 is 14.8 Å². The summed E-state index contributed by atoms with van der Waals surface area (Å²) in [5.74, 6) is 0.894. The molecule has 0 spiro atoms. The van der Waals surface area contributed by atoms with Gasteiger partial charge in [-0.1, -0.05) is 20.8 Å². The van der Waals surface area contributed by atoms with E-state index in [0.29, 0.717) is 36.6 Å². The number of carboxylic acid groups (broad SMARTS) is 1. The second-order valence-electron chi connectivity index (χ2n) is 9.08.